The summed E-state index contributed by atoms with van der Waals surface area (Å²) < 4.78 is 5.30. The highest BCUT2D eigenvalue weighted by atomic mass is 16.5. The topological polar surface area (TPSA) is 76.3 Å². The summed E-state index contributed by atoms with van der Waals surface area (Å²) in [5.41, 5.74) is 6.98. The zero-order valence-corrected chi connectivity index (χ0v) is 13.4. The van der Waals surface area contributed by atoms with Gasteiger partial charge in [-0.3, -0.25) is 4.90 Å². The molecule has 0 bridgehead atoms. The van der Waals surface area contributed by atoms with Gasteiger partial charge < -0.3 is 15.8 Å². The van der Waals surface area contributed by atoms with E-state index < -0.39 is 0 Å². The van der Waals surface area contributed by atoms with E-state index in [0.29, 0.717) is 11.9 Å². The quantitative estimate of drug-likeness (QED) is 0.881. The van der Waals surface area contributed by atoms with Crippen LogP contribution in [0.3, 0.4) is 0 Å². The van der Waals surface area contributed by atoms with E-state index in [0.717, 1.165) is 37.6 Å². The summed E-state index contributed by atoms with van der Waals surface area (Å²) >= 11 is 0. The molecule has 1 atom stereocenters. The number of nitrogen functional groups attached to an aromatic ring is 1. The maximum Gasteiger partial charge on any atom is 0.131 e. The third-order valence-electron chi connectivity index (χ3n) is 4.09. The van der Waals surface area contributed by atoms with Gasteiger partial charge >= 0.3 is 0 Å². The average Bonchev–Trinajstić information content (AvgIpc) is 2.55. The minimum atomic E-state index is 0.378. The summed E-state index contributed by atoms with van der Waals surface area (Å²) in [6.45, 7) is 3.03. The Morgan fingerprint density at radius 2 is 2.26 bits per heavy atom. The van der Waals surface area contributed by atoms with E-state index in [4.69, 9.17) is 10.5 Å². The van der Waals surface area contributed by atoms with E-state index >= 15 is 0 Å². The molecule has 3 rings (SSSR count). The molecule has 0 radical (unpaired) electrons. The predicted octanol–water partition coefficient (Wildman–Crippen LogP) is 2.14. The normalized spacial score (nSPS) is 18.6. The molecule has 1 aromatic carbocycles. The molecule has 2 aromatic rings. The highest BCUT2D eigenvalue weighted by Gasteiger charge is 2.20. The summed E-state index contributed by atoms with van der Waals surface area (Å²) in [7, 11) is 1.70. The highest BCUT2D eigenvalue weighted by molar-refractivity contribution is 5.44. The van der Waals surface area contributed by atoms with E-state index in [1.165, 1.54) is 18.3 Å². The number of benzene rings is 1. The van der Waals surface area contributed by atoms with Gasteiger partial charge in [-0.2, -0.15) is 0 Å². The standard InChI is InChI=1S/C17H23N5O/c1-23-15-6-2-4-13(8-15)10-22-7-3-5-14(11-22)21-17-9-16(18)19-12-20-17/h2,4,6,8-9,12,14H,3,5,7,10-11H2,1H3,(H3,18,19,20,21)/t14-/m1/s1. The lowest BCUT2D eigenvalue weighted by molar-refractivity contribution is 0.208. The van der Waals surface area contributed by atoms with Gasteiger partial charge in [-0.15, -0.1) is 0 Å². The van der Waals surface area contributed by atoms with Crippen molar-refractivity contribution < 1.29 is 4.74 Å². The fourth-order valence-corrected chi connectivity index (χ4v) is 3.01. The number of nitrogens with zero attached hydrogens (tertiary/aromatic N) is 3. The number of methoxy groups -OCH3 is 1. The maximum absolute atomic E-state index is 5.71. The molecule has 6 nitrogen and oxygen atoms in total. The van der Waals surface area contributed by atoms with Crippen LogP contribution < -0.4 is 15.8 Å². The molecule has 23 heavy (non-hydrogen) atoms. The zero-order chi connectivity index (χ0) is 16.1. The Labute approximate surface area is 136 Å². The average molecular weight is 313 g/mol. The van der Waals surface area contributed by atoms with Gasteiger partial charge in [0.1, 0.15) is 23.7 Å². The second-order valence-corrected chi connectivity index (χ2v) is 5.90. The predicted molar refractivity (Wildman–Crippen MR) is 91.4 cm³/mol. The van der Waals surface area contributed by atoms with Crippen LogP contribution in [-0.2, 0) is 6.54 Å². The molecule has 1 fully saturated rings. The van der Waals surface area contributed by atoms with Crippen molar-refractivity contribution in [1.29, 1.82) is 0 Å². The first-order valence-electron chi connectivity index (χ1n) is 7.92. The largest absolute Gasteiger partial charge is 0.497 e. The van der Waals surface area contributed by atoms with Gasteiger partial charge in [-0.25, -0.2) is 9.97 Å². The van der Waals surface area contributed by atoms with Crippen LogP contribution >= 0.6 is 0 Å². The number of anilines is 2. The van der Waals surface area contributed by atoms with Crippen molar-refractivity contribution in [1.82, 2.24) is 14.9 Å². The number of nitrogens with two attached hydrogens (primary N) is 1. The Morgan fingerprint density at radius 1 is 1.35 bits per heavy atom. The molecule has 122 valence electrons. The fourth-order valence-electron chi connectivity index (χ4n) is 3.01. The molecule has 2 heterocycles. The summed E-state index contributed by atoms with van der Waals surface area (Å²) in [6.07, 6.45) is 3.80. The molecule has 0 unspecified atom stereocenters. The summed E-state index contributed by atoms with van der Waals surface area (Å²) in [5.74, 6) is 2.20. The monoisotopic (exact) mass is 313 g/mol. The lowest BCUT2D eigenvalue weighted by atomic mass is 10.0. The van der Waals surface area contributed by atoms with Crippen LogP contribution in [0.5, 0.6) is 5.75 Å². The number of likely N-dealkylation sites (tertiary alicyclic amines) is 1. The Kier molecular flexibility index (Phi) is 4.92. The molecular formula is C17H23N5O. The summed E-state index contributed by atoms with van der Waals surface area (Å²) in [6, 6.07) is 10.4. The van der Waals surface area contributed by atoms with E-state index in [-0.39, 0.29) is 0 Å². The number of nitrogens with one attached hydrogen (secondary N) is 1. The van der Waals surface area contributed by atoms with Gasteiger partial charge in [0.2, 0.25) is 0 Å². The zero-order valence-electron chi connectivity index (χ0n) is 13.4. The third kappa shape index (κ3) is 4.32. The minimum Gasteiger partial charge on any atom is -0.497 e. The molecule has 1 saturated heterocycles. The number of piperidine rings is 1. The lowest BCUT2D eigenvalue weighted by Crippen LogP contribution is -2.41. The van der Waals surface area contributed by atoms with Gasteiger partial charge in [-0.05, 0) is 37.1 Å². The number of aromatic nitrogens is 2. The first-order chi connectivity index (χ1) is 11.2. The van der Waals surface area contributed by atoms with Crippen LogP contribution in [0.1, 0.15) is 18.4 Å². The highest BCUT2D eigenvalue weighted by Crippen LogP contribution is 2.19. The first-order valence-corrected chi connectivity index (χ1v) is 7.92. The van der Waals surface area contributed by atoms with Crippen LogP contribution in [0, 0.1) is 0 Å². The SMILES string of the molecule is COc1cccc(CN2CCC[C@@H](Nc3cc(N)ncn3)C2)c1. The van der Waals surface area contributed by atoms with Crippen LogP contribution in [0.4, 0.5) is 11.6 Å². The fraction of sp³-hybridized carbons (Fsp3) is 0.412. The van der Waals surface area contributed by atoms with Crippen LogP contribution in [0.25, 0.3) is 0 Å². The van der Waals surface area contributed by atoms with Crippen molar-refractivity contribution in [3.8, 4) is 5.75 Å². The van der Waals surface area contributed by atoms with Gasteiger partial charge in [0.25, 0.3) is 0 Å². The Hall–Kier alpha value is -2.34. The van der Waals surface area contributed by atoms with Crippen molar-refractivity contribution in [2.24, 2.45) is 0 Å². The molecule has 1 aromatic heterocycles. The summed E-state index contributed by atoms with van der Waals surface area (Å²) in [5, 5.41) is 3.46. The van der Waals surface area contributed by atoms with Gasteiger partial charge in [0.05, 0.1) is 7.11 Å². The van der Waals surface area contributed by atoms with Gasteiger partial charge in [-0.1, -0.05) is 12.1 Å². The van der Waals surface area contributed by atoms with E-state index in [2.05, 4.69) is 32.3 Å². The molecule has 1 aliphatic rings. The number of hydrogen-bond donors (Lipinski definition) is 2. The maximum atomic E-state index is 5.71. The van der Waals surface area contributed by atoms with E-state index in [9.17, 15) is 0 Å². The van der Waals surface area contributed by atoms with Crippen LogP contribution in [0.2, 0.25) is 0 Å². The van der Waals surface area contributed by atoms with Crippen molar-refractivity contribution in [2.45, 2.75) is 25.4 Å². The van der Waals surface area contributed by atoms with Crippen LogP contribution in [-0.4, -0.2) is 41.1 Å². The van der Waals surface area contributed by atoms with E-state index in [1.807, 2.05) is 12.1 Å². The van der Waals surface area contributed by atoms with Gasteiger partial charge in [0.15, 0.2) is 0 Å². The molecular weight excluding hydrogens is 290 g/mol. The molecule has 0 spiro atoms. The molecule has 1 aliphatic heterocycles. The summed E-state index contributed by atoms with van der Waals surface area (Å²) in [4.78, 5) is 10.6. The third-order valence-corrected chi connectivity index (χ3v) is 4.09. The van der Waals surface area contributed by atoms with Crippen molar-refractivity contribution >= 4 is 11.6 Å². The second kappa shape index (κ2) is 7.28. The Bertz CT molecular complexity index is 648. The van der Waals surface area contributed by atoms with Crippen LogP contribution in [0.15, 0.2) is 36.7 Å². The molecule has 0 saturated carbocycles. The molecule has 6 heteroatoms. The Morgan fingerprint density at radius 3 is 3.09 bits per heavy atom. The number of hydrogen-bond acceptors (Lipinski definition) is 6. The molecule has 0 amide bonds. The Balaban J connectivity index is 1.59. The first kappa shape index (κ1) is 15.6. The number of ether oxygens (including phenoxy) is 1. The van der Waals surface area contributed by atoms with Crippen molar-refractivity contribution in [3.63, 3.8) is 0 Å². The van der Waals surface area contributed by atoms with E-state index in [1.54, 1.807) is 13.2 Å². The van der Waals surface area contributed by atoms with Crippen molar-refractivity contribution in [3.05, 3.63) is 42.2 Å². The second-order valence-electron chi connectivity index (χ2n) is 5.90. The molecule has 3 N–H and O–H groups in total. The lowest BCUT2D eigenvalue weighted by Gasteiger charge is -2.33. The van der Waals surface area contributed by atoms with Crippen molar-refractivity contribution in [2.75, 3.05) is 31.2 Å². The number of rotatable bonds is 5. The smallest absolute Gasteiger partial charge is 0.131 e. The van der Waals surface area contributed by atoms with Gasteiger partial charge in [0, 0.05) is 25.2 Å². The molecule has 0 aliphatic carbocycles. The minimum absolute atomic E-state index is 0.378.